The van der Waals surface area contributed by atoms with Crippen LogP contribution in [-0.4, -0.2) is 25.0 Å². The van der Waals surface area contributed by atoms with Crippen LogP contribution in [0.2, 0.25) is 0 Å². The molecule has 26 heavy (non-hydrogen) atoms. The molecule has 0 radical (unpaired) electrons. The Hall–Kier alpha value is -2.89. The first-order chi connectivity index (χ1) is 12.5. The minimum absolute atomic E-state index is 0.160. The van der Waals surface area contributed by atoms with E-state index in [2.05, 4.69) is 5.32 Å². The number of benzene rings is 2. The number of primary amides is 1. The van der Waals surface area contributed by atoms with Gasteiger partial charge in [0.25, 0.3) is 11.8 Å². The Labute approximate surface area is 151 Å². The highest BCUT2D eigenvalue weighted by molar-refractivity contribution is 5.97. The van der Waals surface area contributed by atoms with Crippen molar-refractivity contribution in [3.05, 3.63) is 65.5 Å². The molecule has 2 aromatic carbocycles. The molecule has 0 unspecified atom stereocenters. The van der Waals surface area contributed by atoms with Gasteiger partial charge in [0.05, 0.1) is 5.56 Å². The van der Waals surface area contributed by atoms with Gasteiger partial charge in [-0.25, -0.2) is 4.39 Å². The molecule has 0 heterocycles. The predicted octanol–water partition coefficient (Wildman–Crippen LogP) is 2.54. The van der Waals surface area contributed by atoms with E-state index in [0.717, 1.165) is 24.8 Å². The lowest BCUT2D eigenvalue weighted by molar-refractivity contribution is -0.119. The molecule has 0 bridgehead atoms. The van der Waals surface area contributed by atoms with Crippen molar-refractivity contribution in [1.82, 2.24) is 5.32 Å². The number of nitrogens with one attached hydrogen (secondary N) is 1. The molecule has 5 nitrogen and oxygen atoms in total. The summed E-state index contributed by atoms with van der Waals surface area (Å²) < 4.78 is 18.5. The molecule has 0 saturated heterocycles. The molecule has 6 heteroatoms. The van der Waals surface area contributed by atoms with Gasteiger partial charge in [-0.1, -0.05) is 30.7 Å². The molecule has 0 aromatic heterocycles. The lowest BCUT2D eigenvalue weighted by Crippen LogP contribution is -2.45. The number of carbonyl (C=O) groups is 2. The van der Waals surface area contributed by atoms with Crippen LogP contribution in [0.5, 0.6) is 5.75 Å². The maximum atomic E-state index is 13.2. The van der Waals surface area contributed by atoms with E-state index < -0.39 is 5.91 Å². The average molecular weight is 356 g/mol. The first-order valence-electron chi connectivity index (χ1n) is 8.55. The number of para-hydroxylation sites is 1. The van der Waals surface area contributed by atoms with E-state index >= 15 is 0 Å². The van der Waals surface area contributed by atoms with E-state index in [1.165, 1.54) is 12.1 Å². The summed E-state index contributed by atoms with van der Waals surface area (Å²) in [5, 5.41) is 2.95. The van der Waals surface area contributed by atoms with Gasteiger partial charge in [-0.2, -0.15) is 0 Å². The molecule has 1 fully saturated rings. The Kier molecular flexibility index (Phi) is 5.21. The summed E-state index contributed by atoms with van der Waals surface area (Å²) in [6.07, 6.45) is 2.96. The van der Waals surface area contributed by atoms with E-state index in [-0.39, 0.29) is 23.7 Å². The number of ether oxygens (including phenoxy) is 1. The SMILES string of the molecule is NC(=O)COc1ccccc1C(=O)NCC1(c2ccc(F)cc2)CCC1. The smallest absolute Gasteiger partial charge is 0.255 e. The van der Waals surface area contributed by atoms with Crippen molar-refractivity contribution in [2.45, 2.75) is 24.7 Å². The number of hydrogen-bond acceptors (Lipinski definition) is 3. The third-order valence-corrected chi connectivity index (χ3v) is 4.86. The van der Waals surface area contributed by atoms with Gasteiger partial charge in [0, 0.05) is 12.0 Å². The largest absolute Gasteiger partial charge is 0.483 e. The van der Waals surface area contributed by atoms with Crippen LogP contribution in [0.1, 0.15) is 35.2 Å². The highest BCUT2D eigenvalue weighted by atomic mass is 19.1. The van der Waals surface area contributed by atoms with Crippen molar-refractivity contribution in [2.24, 2.45) is 5.73 Å². The molecule has 3 N–H and O–H groups in total. The van der Waals surface area contributed by atoms with Crippen LogP contribution in [0.3, 0.4) is 0 Å². The highest BCUT2D eigenvalue weighted by Gasteiger charge is 2.39. The Balaban J connectivity index is 1.70. The fraction of sp³-hybridized carbons (Fsp3) is 0.300. The molecule has 0 spiro atoms. The molecule has 1 aliphatic rings. The second-order valence-electron chi connectivity index (χ2n) is 6.57. The summed E-state index contributed by atoms with van der Waals surface area (Å²) in [5.41, 5.74) is 6.31. The van der Waals surface area contributed by atoms with Crippen molar-refractivity contribution in [1.29, 1.82) is 0 Å². The summed E-state index contributed by atoms with van der Waals surface area (Å²) >= 11 is 0. The zero-order valence-electron chi connectivity index (χ0n) is 14.3. The molecule has 0 aliphatic heterocycles. The number of amides is 2. The lowest BCUT2D eigenvalue weighted by Gasteiger charge is -2.42. The van der Waals surface area contributed by atoms with E-state index in [1.807, 2.05) is 0 Å². The molecule has 1 aliphatic carbocycles. The second kappa shape index (κ2) is 7.56. The predicted molar refractivity (Wildman–Crippen MR) is 95.4 cm³/mol. The summed E-state index contributed by atoms with van der Waals surface area (Å²) in [6.45, 7) is 0.172. The molecular formula is C20H21FN2O3. The first-order valence-corrected chi connectivity index (χ1v) is 8.55. The van der Waals surface area contributed by atoms with Crippen LogP contribution in [0.25, 0.3) is 0 Å². The van der Waals surface area contributed by atoms with Crippen LogP contribution < -0.4 is 15.8 Å². The number of hydrogen-bond donors (Lipinski definition) is 2. The first kappa shape index (κ1) is 17.9. The Morgan fingerprint density at radius 3 is 2.42 bits per heavy atom. The Bertz CT molecular complexity index is 801. The lowest BCUT2D eigenvalue weighted by atomic mass is 9.64. The summed E-state index contributed by atoms with van der Waals surface area (Å²) in [4.78, 5) is 23.5. The van der Waals surface area contributed by atoms with Crippen molar-refractivity contribution >= 4 is 11.8 Å². The van der Waals surface area contributed by atoms with E-state index in [9.17, 15) is 14.0 Å². The zero-order chi connectivity index (χ0) is 18.6. The van der Waals surface area contributed by atoms with Gasteiger partial charge in [0.2, 0.25) is 0 Å². The van der Waals surface area contributed by atoms with Crippen LogP contribution in [-0.2, 0) is 10.2 Å². The number of carbonyl (C=O) groups excluding carboxylic acids is 2. The average Bonchev–Trinajstić information content (AvgIpc) is 2.60. The highest BCUT2D eigenvalue weighted by Crippen LogP contribution is 2.43. The molecule has 3 rings (SSSR count). The summed E-state index contributed by atoms with van der Waals surface area (Å²) in [5.74, 6) is -0.843. The molecule has 2 amide bonds. The van der Waals surface area contributed by atoms with Crippen LogP contribution >= 0.6 is 0 Å². The van der Waals surface area contributed by atoms with Gasteiger partial charge in [0.15, 0.2) is 6.61 Å². The fourth-order valence-corrected chi connectivity index (χ4v) is 3.25. The molecule has 1 saturated carbocycles. The van der Waals surface area contributed by atoms with E-state index in [4.69, 9.17) is 10.5 Å². The normalized spacial score (nSPS) is 15.0. The maximum absolute atomic E-state index is 13.2. The zero-order valence-corrected chi connectivity index (χ0v) is 14.3. The third-order valence-electron chi connectivity index (χ3n) is 4.86. The van der Waals surface area contributed by atoms with E-state index in [1.54, 1.807) is 36.4 Å². The third kappa shape index (κ3) is 3.85. The van der Waals surface area contributed by atoms with Gasteiger partial charge in [0.1, 0.15) is 11.6 Å². The Morgan fingerprint density at radius 1 is 1.12 bits per heavy atom. The van der Waals surface area contributed by atoms with Crippen molar-refractivity contribution < 1.29 is 18.7 Å². The maximum Gasteiger partial charge on any atom is 0.255 e. The second-order valence-corrected chi connectivity index (χ2v) is 6.57. The summed E-state index contributed by atoms with van der Waals surface area (Å²) in [7, 11) is 0. The number of rotatable bonds is 7. The van der Waals surface area contributed by atoms with Crippen LogP contribution in [0.15, 0.2) is 48.5 Å². The van der Waals surface area contributed by atoms with Gasteiger partial charge in [-0.3, -0.25) is 9.59 Å². The number of halogens is 1. The minimum Gasteiger partial charge on any atom is -0.483 e. The van der Waals surface area contributed by atoms with Crippen LogP contribution in [0, 0.1) is 5.82 Å². The fourth-order valence-electron chi connectivity index (χ4n) is 3.25. The van der Waals surface area contributed by atoms with E-state index in [0.29, 0.717) is 17.9 Å². The standard InChI is InChI=1S/C20H21FN2O3/c21-15-8-6-14(7-9-15)20(10-3-11-20)13-23-19(25)16-4-1-2-5-17(16)26-12-18(22)24/h1-2,4-9H,3,10-13H2,(H2,22,24)(H,23,25). The minimum atomic E-state index is -0.607. The summed E-state index contributed by atoms with van der Waals surface area (Å²) in [6, 6.07) is 13.2. The molecule has 0 atom stereocenters. The van der Waals surface area contributed by atoms with Gasteiger partial charge in [-0.15, -0.1) is 0 Å². The quantitative estimate of drug-likeness (QED) is 0.800. The van der Waals surface area contributed by atoms with Crippen molar-refractivity contribution in [3.8, 4) is 5.75 Å². The monoisotopic (exact) mass is 356 g/mol. The van der Waals surface area contributed by atoms with Crippen LogP contribution in [0.4, 0.5) is 4.39 Å². The molecule has 136 valence electrons. The van der Waals surface area contributed by atoms with Gasteiger partial charge in [-0.05, 0) is 42.7 Å². The molecule has 2 aromatic rings. The van der Waals surface area contributed by atoms with Gasteiger partial charge < -0.3 is 15.8 Å². The van der Waals surface area contributed by atoms with Gasteiger partial charge >= 0.3 is 0 Å². The van der Waals surface area contributed by atoms with Crippen molar-refractivity contribution in [3.63, 3.8) is 0 Å². The van der Waals surface area contributed by atoms with Crippen molar-refractivity contribution in [2.75, 3.05) is 13.2 Å². The molecular weight excluding hydrogens is 335 g/mol. The Morgan fingerprint density at radius 2 is 1.81 bits per heavy atom. The topological polar surface area (TPSA) is 81.4 Å². The number of nitrogens with two attached hydrogens (primary N) is 1.